The molecule has 2 atom stereocenters. The van der Waals surface area contributed by atoms with E-state index in [-0.39, 0.29) is 31.2 Å². The molecule has 0 radical (unpaired) electrons. The summed E-state index contributed by atoms with van der Waals surface area (Å²) in [4.78, 5) is 25.7. The highest BCUT2D eigenvalue weighted by atomic mass is 19.4. The van der Waals surface area contributed by atoms with Crippen LogP contribution in [0.1, 0.15) is 16.8 Å². The fourth-order valence-electron chi connectivity index (χ4n) is 3.46. The molecule has 136 valence electrons. The van der Waals surface area contributed by atoms with E-state index in [0.717, 1.165) is 12.1 Å². The predicted molar refractivity (Wildman–Crippen MR) is 78.0 cm³/mol. The molecule has 2 aliphatic rings. The molecule has 1 aromatic rings. The van der Waals surface area contributed by atoms with Crippen LogP contribution in [0, 0.1) is 11.3 Å². The summed E-state index contributed by atoms with van der Waals surface area (Å²) in [6, 6.07) is 4.76. The van der Waals surface area contributed by atoms with Crippen LogP contribution in [0.2, 0.25) is 0 Å². The quantitative estimate of drug-likeness (QED) is 0.895. The standard InChI is InChI=1S/C16H16F3NO5/c17-16(18,19)25-12-3-1-2-10(6-12)13(21)20-7-11-8-24-5-4-15(11,9-20)14(22)23/h1-3,6,11H,4-5,7-9H2,(H,22,23)/t11-,15+/m1/s1. The van der Waals surface area contributed by atoms with Crippen molar-refractivity contribution in [2.24, 2.45) is 11.3 Å². The third kappa shape index (κ3) is 3.41. The van der Waals surface area contributed by atoms with E-state index in [2.05, 4.69) is 4.74 Å². The molecule has 2 aliphatic heterocycles. The van der Waals surface area contributed by atoms with E-state index in [4.69, 9.17) is 4.74 Å². The number of likely N-dealkylation sites (tertiary alicyclic amines) is 1. The summed E-state index contributed by atoms with van der Waals surface area (Å²) in [7, 11) is 0. The molecule has 0 bridgehead atoms. The molecule has 0 unspecified atom stereocenters. The first-order valence-electron chi connectivity index (χ1n) is 7.67. The smallest absolute Gasteiger partial charge is 0.481 e. The van der Waals surface area contributed by atoms with E-state index in [1.807, 2.05) is 0 Å². The summed E-state index contributed by atoms with van der Waals surface area (Å²) < 4.78 is 46.1. The Morgan fingerprint density at radius 1 is 1.36 bits per heavy atom. The zero-order valence-electron chi connectivity index (χ0n) is 13.1. The highest BCUT2D eigenvalue weighted by Gasteiger charge is 2.55. The molecular weight excluding hydrogens is 343 g/mol. The van der Waals surface area contributed by atoms with Gasteiger partial charge in [-0.2, -0.15) is 0 Å². The second-order valence-electron chi connectivity index (χ2n) is 6.24. The number of aliphatic carboxylic acids is 1. The van der Waals surface area contributed by atoms with Crippen LogP contribution >= 0.6 is 0 Å². The molecule has 0 aliphatic carbocycles. The van der Waals surface area contributed by atoms with Crippen LogP contribution in [-0.2, 0) is 9.53 Å². The number of halogens is 3. The van der Waals surface area contributed by atoms with Crippen molar-refractivity contribution in [2.75, 3.05) is 26.3 Å². The number of hydrogen-bond donors (Lipinski definition) is 1. The lowest BCUT2D eigenvalue weighted by Gasteiger charge is -2.33. The molecule has 3 rings (SSSR count). The number of carboxylic acid groups (broad SMARTS) is 1. The SMILES string of the molecule is O=C(c1cccc(OC(F)(F)F)c1)N1C[C@@H]2COCC[C@]2(C(=O)O)C1. The van der Waals surface area contributed by atoms with Crippen LogP contribution in [0.3, 0.4) is 0 Å². The molecule has 2 heterocycles. The Morgan fingerprint density at radius 2 is 2.12 bits per heavy atom. The summed E-state index contributed by atoms with van der Waals surface area (Å²) in [6.07, 6.45) is -4.55. The van der Waals surface area contributed by atoms with Gasteiger partial charge in [-0.3, -0.25) is 9.59 Å². The number of carbonyl (C=O) groups excluding carboxylic acids is 1. The molecule has 9 heteroatoms. The summed E-state index contributed by atoms with van der Waals surface area (Å²) in [5.74, 6) is -2.34. The van der Waals surface area contributed by atoms with Crippen LogP contribution in [0.4, 0.5) is 13.2 Å². The van der Waals surface area contributed by atoms with E-state index in [9.17, 15) is 27.9 Å². The maximum atomic E-state index is 12.6. The Morgan fingerprint density at radius 3 is 2.76 bits per heavy atom. The van der Waals surface area contributed by atoms with Gasteiger partial charge in [-0.25, -0.2) is 0 Å². The maximum absolute atomic E-state index is 12.6. The second kappa shape index (κ2) is 6.21. The number of fused-ring (bicyclic) bond motifs is 1. The number of alkyl halides is 3. The van der Waals surface area contributed by atoms with Crippen molar-refractivity contribution in [3.63, 3.8) is 0 Å². The lowest BCUT2D eigenvalue weighted by molar-refractivity contribution is -0.274. The average molecular weight is 359 g/mol. The van der Waals surface area contributed by atoms with Crippen molar-refractivity contribution in [1.29, 1.82) is 0 Å². The van der Waals surface area contributed by atoms with E-state index >= 15 is 0 Å². The van der Waals surface area contributed by atoms with Gasteiger partial charge in [0.25, 0.3) is 5.91 Å². The van der Waals surface area contributed by atoms with Gasteiger partial charge in [-0.05, 0) is 24.6 Å². The maximum Gasteiger partial charge on any atom is 0.573 e. The summed E-state index contributed by atoms with van der Waals surface area (Å²) >= 11 is 0. The molecule has 1 N–H and O–H groups in total. The summed E-state index contributed by atoms with van der Waals surface area (Å²) in [5.41, 5.74) is -1.05. The first-order chi connectivity index (χ1) is 11.7. The van der Waals surface area contributed by atoms with Gasteiger partial charge in [0.2, 0.25) is 0 Å². The summed E-state index contributed by atoms with van der Waals surface area (Å²) in [6.45, 7) is 0.752. The zero-order chi connectivity index (χ0) is 18.2. The number of amides is 1. The number of benzene rings is 1. The fraction of sp³-hybridized carbons (Fsp3) is 0.500. The number of rotatable bonds is 3. The first-order valence-corrected chi connectivity index (χ1v) is 7.67. The topological polar surface area (TPSA) is 76.1 Å². The molecule has 1 aromatic carbocycles. The van der Waals surface area contributed by atoms with Crippen LogP contribution in [-0.4, -0.2) is 54.5 Å². The minimum atomic E-state index is -4.85. The van der Waals surface area contributed by atoms with Gasteiger partial charge in [0.1, 0.15) is 5.75 Å². The molecule has 2 fully saturated rings. The van der Waals surface area contributed by atoms with Crippen molar-refractivity contribution in [3.05, 3.63) is 29.8 Å². The van der Waals surface area contributed by atoms with Crippen LogP contribution in [0.25, 0.3) is 0 Å². The third-order valence-corrected chi connectivity index (χ3v) is 4.73. The van der Waals surface area contributed by atoms with Crippen LogP contribution in [0.15, 0.2) is 24.3 Å². The van der Waals surface area contributed by atoms with Gasteiger partial charge < -0.3 is 19.5 Å². The second-order valence-corrected chi connectivity index (χ2v) is 6.24. The first kappa shape index (κ1) is 17.5. The van der Waals surface area contributed by atoms with Gasteiger partial charge in [0.05, 0.1) is 12.0 Å². The largest absolute Gasteiger partial charge is 0.573 e. The molecule has 0 saturated carbocycles. The van der Waals surface area contributed by atoms with Gasteiger partial charge in [0, 0.05) is 31.2 Å². The fourth-order valence-corrected chi connectivity index (χ4v) is 3.46. The van der Waals surface area contributed by atoms with Gasteiger partial charge in [0.15, 0.2) is 0 Å². The lowest BCUT2D eigenvalue weighted by Crippen LogP contribution is -2.45. The van der Waals surface area contributed by atoms with E-state index in [0.29, 0.717) is 13.0 Å². The number of ether oxygens (including phenoxy) is 2. The molecule has 2 saturated heterocycles. The van der Waals surface area contributed by atoms with E-state index < -0.39 is 29.4 Å². The number of hydrogen-bond acceptors (Lipinski definition) is 4. The van der Waals surface area contributed by atoms with Crippen molar-refractivity contribution >= 4 is 11.9 Å². The molecule has 0 aromatic heterocycles. The Hall–Kier alpha value is -2.29. The minimum Gasteiger partial charge on any atom is -0.481 e. The molecular formula is C16H16F3NO5. The highest BCUT2D eigenvalue weighted by Crippen LogP contribution is 2.43. The predicted octanol–water partition coefficient (Wildman–Crippen LogP) is 2.15. The molecule has 6 nitrogen and oxygen atoms in total. The molecule has 25 heavy (non-hydrogen) atoms. The van der Waals surface area contributed by atoms with Gasteiger partial charge in [-0.15, -0.1) is 13.2 Å². The monoisotopic (exact) mass is 359 g/mol. The Labute approximate surface area is 141 Å². The number of carbonyl (C=O) groups is 2. The number of carboxylic acids is 1. The van der Waals surface area contributed by atoms with Crippen molar-refractivity contribution in [1.82, 2.24) is 4.90 Å². The highest BCUT2D eigenvalue weighted by molar-refractivity contribution is 5.95. The molecule has 1 amide bonds. The Kier molecular flexibility index (Phi) is 4.36. The van der Waals surface area contributed by atoms with Crippen LogP contribution < -0.4 is 4.74 Å². The van der Waals surface area contributed by atoms with E-state index in [1.165, 1.54) is 17.0 Å². The third-order valence-electron chi connectivity index (χ3n) is 4.73. The number of nitrogens with zero attached hydrogens (tertiary/aromatic N) is 1. The zero-order valence-corrected chi connectivity index (χ0v) is 13.1. The normalized spacial score (nSPS) is 26.2. The van der Waals surface area contributed by atoms with Gasteiger partial charge in [-0.1, -0.05) is 6.07 Å². The Balaban J connectivity index is 1.80. The minimum absolute atomic E-state index is 0.0134. The average Bonchev–Trinajstić information content (AvgIpc) is 2.93. The molecule has 0 spiro atoms. The van der Waals surface area contributed by atoms with Gasteiger partial charge >= 0.3 is 12.3 Å². The lowest BCUT2D eigenvalue weighted by atomic mass is 9.74. The Bertz CT molecular complexity index is 693. The van der Waals surface area contributed by atoms with Crippen molar-refractivity contribution in [2.45, 2.75) is 12.8 Å². The van der Waals surface area contributed by atoms with Crippen molar-refractivity contribution < 1.29 is 37.3 Å². The van der Waals surface area contributed by atoms with Crippen LogP contribution in [0.5, 0.6) is 5.75 Å². The van der Waals surface area contributed by atoms with E-state index in [1.54, 1.807) is 0 Å². The summed E-state index contributed by atoms with van der Waals surface area (Å²) in [5, 5.41) is 9.60. The van der Waals surface area contributed by atoms with Crippen molar-refractivity contribution in [3.8, 4) is 5.75 Å².